The first-order valence-electron chi connectivity index (χ1n) is 5.78. The van der Waals surface area contributed by atoms with Gasteiger partial charge in [-0.15, -0.1) is 0 Å². The van der Waals surface area contributed by atoms with Crippen molar-refractivity contribution in [2.75, 3.05) is 26.9 Å². The molecule has 90 valence electrons. The van der Waals surface area contributed by atoms with Crippen LogP contribution in [0, 0.1) is 0 Å². The van der Waals surface area contributed by atoms with Gasteiger partial charge in [0.05, 0.1) is 13.7 Å². The molecule has 0 fully saturated rings. The number of benzene rings is 1. The SMILES string of the molecule is CCCOCCNCc1ccc(OC)cc1. The van der Waals surface area contributed by atoms with Gasteiger partial charge in [-0.3, -0.25) is 0 Å². The van der Waals surface area contributed by atoms with Gasteiger partial charge in [-0.25, -0.2) is 0 Å². The van der Waals surface area contributed by atoms with E-state index in [2.05, 4.69) is 24.4 Å². The molecular formula is C13H21NO2. The summed E-state index contributed by atoms with van der Waals surface area (Å²) in [4.78, 5) is 0. The molecule has 3 heteroatoms. The van der Waals surface area contributed by atoms with Crippen LogP contribution in [-0.4, -0.2) is 26.9 Å². The van der Waals surface area contributed by atoms with Crippen LogP contribution in [0.15, 0.2) is 24.3 Å². The number of hydrogen-bond acceptors (Lipinski definition) is 3. The van der Waals surface area contributed by atoms with E-state index in [4.69, 9.17) is 9.47 Å². The van der Waals surface area contributed by atoms with E-state index in [1.54, 1.807) is 7.11 Å². The Kier molecular flexibility index (Phi) is 6.61. The fraction of sp³-hybridized carbons (Fsp3) is 0.538. The van der Waals surface area contributed by atoms with Gasteiger partial charge in [-0.1, -0.05) is 19.1 Å². The summed E-state index contributed by atoms with van der Waals surface area (Å²) in [6.07, 6.45) is 1.08. The molecule has 1 rings (SSSR count). The fourth-order valence-electron chi connectivity index (χ4n) is 1.37. The Hall–Kier alpha value is -1.06. The Bertz CT molecular complexity index is 272. The zero-order valence-electron chi connectivity index (χ0n) is 10.2. The normalized spacial score (nSPS) is 10.4. The Morgan fingerprint density at radius 2 is 1.88 bits per heavy atom. The topological polar surface area (TPSA) is 30.5 Å². The molecule has 0 spiro atoms. The third kappa shape index (κ3) is 5.14. The maximum atomic E-state index is 5.37. The Labute approximate surface area is 97.8 Å². The molecule has 3 nitrogen and oxygen atoms in total. The average molecular weight is 223 g/mol. The number of rotatable bonds is 8. The molecular weight excluding hydrogens is 202 g/mol. The van der Waals surface area contributed by atoms with Gasteiger partial charge in [0.15, 0.2) is 0 Å². The van der Waals surface area contributed by atoms with E-state index in [9.17, 15) is 0 Å². The van der Waals surface area contributed by atoms with Gasteiger partial charge in [0.2, 0.25) is 0 Å². The van der Waals surface area contributed by atoms with Crippen molar-refractivity contribution in [3.05, 3.63) is 29.8 Å². The molecule has 0 heterocycles. The molecule has 0 radical (unpaired) electrons. The quantitative estimate of drug-likeness (QED) is 0.685. The van der Waals surface area contributed by atoms with E-state index in [1.807, 2.05) is 12.1 Å². The summed E-state index contributed by atoms with van der Waals surface area (Å²) >= 11 is 0. The molecule has 0 unspecified atom stereocenters. The summed E-state index contributed by atoms with van der Waals surface area (Å²) in [5.41, 5.74) is 1.26. The van der Waals surface area contributed by atoms with Crippen molar-refractivity contribution in [3.8, 4) is 5.75 Å². The lowest BCUT2D eigenvalue weighted by atomic mass is 10.2. The van der Waals surface area contributed by atoms with Crippen LogP contribution in [0.2, 0.25) is 0 Å². The molecule has 0 saturated heterocycles. The predicted molar refractivity (Wildman–Crippen MR) is 65.8 cm³/mol. The molecule has 0 bridgehead atoms. The minimum atomic E-state index is 0.782. The largest absolute Gasteiger partial charge is 0.497 e. The van der Waals surface area contributed by atoms with Crippen LogP contribution in [0.25, 0.3) is 0 Å². The lowest BCUT2D eigenvalue weighted by molar-refractivity contribution is 0.136. The van der Waals surface area contributed by atoms with Crippen LogP contribution in [0.5, 0.6) is 5.75 Å². The zero-order chi connectivity index (χ0) is 11.6. The van der Waals surface area contributed by atoms with Gasteiger partial charge in [0.1, 0.15) is 5.75 Å². The molecule has 1 aromatic rings. The van der Waals surface area contributed by atoms with E-state index in [0.717, 1.165) is 38.5 Å². The summed E-state index contributed by atoms with van der Waals surface area (Å²) in [7, 11) is 1.68. The molecule has 0 aliphatic rings. The summed E-state index contributed by atoms with van der Waals surface area (Å²) in [5, 5.41) is 3.33. The molecule has 16 heavy (non-hydrogen) atoms. The van der Waals surface area contributed by atoms with Crippen molar-refractivity contribution >= 4 is 0 Å². The van der Waals surface area contributed by atoms with Crippen LogP contribution in [0.1, 0.15) is 18.9 Å². The fourth-order valence-corrected chi connectivity index (χ4v) is 1.37. The second kappa shape index (κ2) is 8.13. The van der Waals surface area contributed by atoms with Gasteiger partial charge in [0.25, 0.3) is 0 Å². The van der Waals surface area contributed by atoms with Crippen LogP contribution in [-0.2, 0) is 11.3 Å². The van der Waals surface area contributed by atoms with E-state index in [1.165, 1.54) is 5.56 Å². The van der Waals surface area contributed by atoms with E-state index in [0.29, 0.717) is 0 Å². The highest BCUT2D eigenvalue weighted by molar-refractivity contribution is 5.26. The minimum Gasteiger partial charge on any atom is -0.497 e. The van der Waals surface area contributed by atoms with Crippen molar-refractivity contribution in [3.63, 3.8) is 0 Å². The van der Waals surface area contributed by atoms with E-state index < -0.39 is 0 Å². The molecule has 0 saturated carbocycles. The van der Waals surface area contributed by atoms with Crippen LogP contribution >= 0.6 is 0 Å². The van der Waals surface area contributed by atoms with Crippen molar-refractivity contribution in [1.29, 1.82) is 0 Å². The summed E-state index contributed by atoms with van der Waals surface area (Å²) < 4.78 is 10.5. The second-order valence-corrected chi connectivity index (χ2v) is 3.64. The van der Waals surface area contributed by atoms with Gasteiger partial charge < -0.3 is 14.8 Å². The predicted octanol–water partition coefficient (Wildman–Crippen LogP) is 2.21. The monoisotopic (exact) mass is 223 g/mol. The smallest absolute Gasteiger partial charge is 0.118 e. The highest BCUT2D eigenvalue weighted by Gasteiger charge is 1.94. The molecule has 1 aromatic carbocycles. The number of nitrogens with one attached hydrogen (secondary N) is 1. The lowest BCUT2D eigenvalue weighted by Gasteiger charge is -2.06. The first-order chi connectivity index (χ1) is 7.86. The lowest BCUT2D eigenvalue weighted by Crippen LogP contribution is -2.19. The molecule has 0 aliphatic carbocycles. The summed E-state index contributed by atoms with van der Waals surface area (Å²) in [5.74, 6) is 0.898. The molecule has 0 aromatic heterocycles. The van der Waals surface area contributed by atoms with Crippen LogP contribution in [0.4, 0.5) is 0 Å². The molecule has 0 atom stereocenters. The van der Waals surface area contributed by atoms with Crippen molar-refractivity contribution < 1.29 is 9.47 Å². The van der Waals surface area contributed by atoms with Gasteiger partial charge in [-0.2, -0.15) is 0 Å². The van der Waals surface area contributed by atoms with Gasteiger partial charge >= 0.3 is 0 Å². The van der Waals surface area contributed by atoms with Crippen molar-refractivity contribution in [1.82, 2.24) is 5.32 Å². The average Bonchev–Trinajstić information content (AvgIpc) is 2.34. The summed E-state index contributed by atoms with van der Waals surface area (Å²) in [6.45, 7) is 5.52. The third-order valence-electron chi connectivity index (χ3n) is 2.26. The highest BCUT2D eigenvalue weighted by atomic mass is 16.5. The third-order valence-corrected chi connectivity index (χ3v) is 2.26. The standard InChI is InChI=1S/C13H21NO2/c1-3-9-16-10-8-14-11-12-4-6-13(15-2)7-5-12/h4-7,14H,3,8-11H2,1-2H3. The maximum Gasteiger partial charge on any atom is 0.118 e. The van der Waals surface area contributed by atoms with Crippen molar-refractivity contribution in [2.45, 2.75) is 19.9 Å². The Balaban J connectivity index is 2.12. The second-order valence-electron chi connectivity index (χ2n) is 3.64. The maximum absolute atomic E-state index is 5.37. The first kappa shape index (κ1) is 13.0. The first-order valence-corrected chi connectivity index (χ1v) is 5.78. The van der Waals surface area contributed by atoms with Gasteiger partial charge in [-0.05, 0) is 24.1 Å². The molecule has 1 N–H and O–H groups in total. The Morgan fingerprint density at radius 1 is 1.12 bits per heavy atom. The molecule has 0 amide bonds. The number of hydrogen-bond donors (Lipinski definition) is 1. The summed E-state index contributed by atoms with van der Waals surface area (Å²) in [6, 6.07) is 8.09. The molecule has 0 aliphatic heterocycles. The van der Waals surface area contributed by atoms with Crippen molar-refractivity contribution in [2.24, 2.45) is 0 Å². The van der Waals surface area contributed by atoms with Crippen LogP contribution < -0.4 is 10.1 Å². The van der Waals surface area contributed by atoms with Crippen LogP contribution in [0.3, 0.4) is 0 Å². The highest BCUT2D eigenvalue weighted by Crippen LogP contribution is 2.10. The Morgan fingerprint density at radius 3 is 2.50 bits per heavy atom. The number of methoxy groups -OCH3 is 1. The van der Waals surface area contributed by atoms with E-state index in [-0.39, 0.29) is 0 Å². The minimum absolute atomic E-state index is 0.782. The number of ether oxygens (including phenoxy) is 2. The van der Waals surface area contributed by atoms with E-state index >= 15 is 0 Å². The van der Waals surface area contributed by atoms with Gasteiger partial charge in [0, 0.05) is 19.7 Å². The zero-order valence-corrected chi connectivity index (χ0v) is 10.2.